The van der Waals surface area contributed by atoms with Gasteiger partial charge in [-0.1, -0.05) is 78.9 Å². The lowest BCUT2D eigenvalue weighted by molar-refractivity contribution is 0.380. The maximum atomic E-state index is 14.3. The van der Waals surface area contributed by atoms with Crippen molar-refractivity contribution in [3.63, 3.8) is 0 Å². The molecule has 0 amide bonds. The van der Waals surface area contributed by atoms with Crippen LogP contribution in [0.4, 0.5) is 0 Å². The van der Waals surface area contributed by atoms with Crippen molar-refractivity contribution in [2.45, 2.75) is 42.9 Å². The summed E-state index contributed by atoms with van der Waals surface area (Å²) in [5.74, 6) is 0. The number of aromatic nitrogens is 1. The fourth-order valence-electron chi connectivity index (χ4n) is 5.24. The fourth-order valence-corrected chi connectivity index (χ4v) is 6.85. The van der Waals surface area contributed by atoms with Crippen molar-refractivity contribution in [1.82, 2.24) is 14.2 Å². The Morgan fingerprint density at radius 3 is 2.09 bits per heavy atom. The highest BCUT2D eigenvalue weighted by Crippen LogP contribution is 2.36. The normalized spacial score (nSPS) is 17.6. The Morgan fingerprint density at radius 2 is 1.50 bits per heavy atom. The van der Waals surface area contributed by atoms with E-state index in [4.69, 9.17) is 0 Å². The molecule has 6 heteroatoms. The molecule has 5 rings (SSSR count). The number of benzene rings is 3. The third kappa shape index (κ3) is 4.06. The van der Waals surface area contributed by atoms with Gasteiger partial charge in [-0.05, 0) is 49.6 Å². The molecule has 1 aliphatic heterocycles. The molecule has 0 spiro atoms. The maximum absolute atomic E-state index is 14.3. The standard InChI is InChI=1S/C28H31N3O2S/c1-21(25-17-11-19-29-25)31-26-18-10-9-16-24(26)20-27(31)34(32,33)30(2)28(22-12-5-3-6-13-22)23-14-7-4-8-15-23/h3-10,12-16,18,20-21,25,28-29H,11,17,19H2,1-2H3. The lowest BCUT2D eigenvalue weighted by Gasteiger charge is -2.30. The molecule has 2 unspecified atom stereocenters. The van der Waals surface area contributed by atoms with Crippen molar-refractivity contribution in [3.8, 4) is 0 Å². The number of nitrogens with zero attached hydrogens (tertiary/aromatic N) is 2. The van der Waals surface area contributed by atoms with E-state index < -0.39 is 16.1 Å². The minimum Gasteiger partial charge on any atom is -0.326 e. The molecule has 1 fully saturated rings. The van der Waals surface area contributed by atoms with Crippen LogP contribution in [-0.2, 0) is 10.0 Å². The van der Waals surface area contributed by atoms with Crippen molar-refractivity contribution < 1.29 is 8.42 Å². The third-order valence-corrected chi connectivity index (χ3v) is 8.85. The minimum atomic E-state index is -3.83. The molecule has 2 atom stereocenters. The predicted molar refractivity (Wildman–Crippen MR) is 137 cm³/mol. The number of para-hydroxylation sites is 1. The quantitative estimate of drug-likeness (QED) is 0.393. The van der Waals surface area contributed by atoms with Crippen molar-refractivity contribution >= 4 is 20.9 Å². The largest absolute Gasteiger partial charge is 0.326 e. The summed E-state index contributed by atoms with van der Waals surface area (Å²) in [5.41, 5.74) is 2.83. The van der Waals surface area contributed by atoms with E-state index in [2.05, 4.69) is 12.2 Å². The highest BCUT2D eigenvalue weighted by atomic mass is 32.2. The zero-order valence-electron chi connectivity index (χ0n) is 19.6. The summed E-state index contributed by atoms with van der Waals surface area (Å²) in [4.78, 5) is 0. The highest BCUT2D eigenvalue weighted by molar-refractivity contribution is 7.89. The van der Waals surface area contributed by atoms with E-state index in [-0.39, 0.29) is 12.1 Å². The van der Waals surface area contributed by atoms with Crippen LogP contribution in [0.15, 0.2) is 96.0 Å². The Balaban J connectivity index is 1.65. The Bertz CT molecular complexity index is 1320. The van der Waals surface area contributed by atoms with Gasteiger partial charge in [0.25, 0.3) is 10.0 Å². The number of rotatable bonds is 7. The number of sulfonamides is 1. The number of hydrogen-bond donors (Lipinski definition) is 1. The number of nitrogens with one attached hydrogen (secondary N) is 1. The maximum Gasteiger partial charge on any atom is 0.259 e. The summed E-state index contributed by atoms with van der Waals surface area (Å²) in [6.07, 6.45) is 2.15. The first-order valence-electron chi connectivity index (χ1n) is 11.9. The van der Waals surface area contributed by atoms with Crippen LogP contribution in [-0.4, -0.2) is 36.9 Å². The summed E-state index contributed by atoms with van der Waals surface area (Å²) in [7, 11) is -2.14. The average molecular weight is 474 g/mol. The first-order chi connectivity index (χ1) is 16.5. The van der Waals surface area contributed by atoms with Crippen LogP contribution >= 0.6 is 0 Å². The monoisotopic (exact) mass is 473 g/mol. The van der Waals surface area contributed by atoms with Crippen LogP contribution in [0.25, 0.3) is 10.9 Å². The molecule has 2 heterocycles. The van der Waals surface area contributed by atoms with E-state index in [0.29, 0.717) is 5.03 Å². The molecule has 176 valence electrons. The van der Waals surface area contributed by atoms with Crippen molar-refractivity contribution in [2.24, 2.45) is 0 Å². The van der Waals surface area contributed by atoms with Gasteiger partial charge in [-0.25, -0.2) is 8.42 Å². The minimum absolute atomic E-state index is 0.00692. The first-order valence-corrected chi connectivity index (χ1v) is 13.3. The van der Waals surface area contributed by atoms with Crippen LogP contribution in [0.3, 0.4) is 0 Å². The Kier molecular flexibility index (Phi) is 6.30. The second-order valence-corrected chi connectivity index (χ2v) is 11.0. The van der Waals surface area contributed by atoms with Crippen molar-refractivity contribution in [3.05, 3.63) is 102 Å². The summed E-state index contributed by atoms with van der Waals surface area (Å²) in [6, 6.07) is 29.3. The molecule has 4 aromatic rings. The van der Waals surface area contributed by atoms with Crippen molar-refractivity contribution in [2.75, 3.05) is 13.6 Å². The Morgan fingerprint density at radius 1 is 0.912 bits per heavy atom. The molecule has 0 bridgehead atoms. The lowest BCUT2D eigenvalue weighted by Crippen LogP contribution is -2.36. The van der Waals surface area contributed by atoms with Gasteiger partial charge in [-0.15, -0.1) is 0 Å². The van der Waals surface area contributed by atoms with Crippen molar-refractivity contribution in [1.29, 1.82) is 0 Å². The second kappa shape index (κ2) is 9.37. The molecule has 1 N–H and O–H groups in total. The summed E-state index contributed by atoms with van der Waals surface area (Å²) >= 11 is 0. The molecule has 34 heavy (non-hydrogen) atoms. The predicted octanol–water partition coefficient (Wildman–Crippen LogP) is 5.36. The molecule has 0 saturated carbocycles. The fraction of sp³-hybridized carbons (Fsp3) is 0.286. The van der Waals surface area contributed by atoms with E-state index in [0.717, 1.165) is 41.4 Å². The zero-order valence-corrected chi connectivity index (χ0v) is 20.4. The van der Waals surface area contributed by atoms with Gasteiger partial charge < -0.3 is 9.88 Å². The van der Waals surface area contributed by atoms with E-state index in [1.807, 2.05) is 95.6 Å². The molecule has 3 aromatic carbocycles. The topological polar surface area (TPSA) is 54.3 Å². The van der Waals surface area contributed by atoms with Crippen LogP contribution in [0, 0.1) is 0 Å². The highest BCUT2D eigenvalue weighted by Gasteiger charge is 2.35. The van der Waals surface area contributed by atoms with E-state index >= 15 is 0 Å². The Labute approximate surface area is 202 Å². The summed E-state index contributed by atoms with van der Waals surface area (Å²) in [5, 5.41) is 4.84. The van der Waals surface area contributed by atoms with Gasteiger partial charge in [-0.2, -0.15) is 4.31 Å². The molecule has 1 saturated heterocycles. The number of fused-ring (bicyclic) bond motifs is 1. The first kappa shape index (κ1) is 22.8. The van der Waals surface area contributed by atoms with Crippen LogP contribution in [0.5, 0.6) is 0 Å². The lowest BCUT2D eigenvalue weighted by atomic mass is 9.99. The molecule has 1 aliphatic rings. The molecule has 1 aromatic heterocycles. The van der Waals surface area contributed by atoms with Gasteiger partial charge in [0.05, 0.1) is 6.04 Å². The smallest absolute Gasteiger partial charge is 0.259 e. The molecule has 0 aliphatic carbocycles. The van der Waals surface area contributed by atoms with E-state index in [1.165, 1.54) is 4.31 Å². The SMILES string of the molecule is CC(C1CCCN1)n1c(S(=O)(=O)N(C)C(c2ccccc2)c2ccccc2)cc2ccccc21. The van der Waals surface area contributed by atoms with Crippen LogP contribution in [0.1, 0.15) is 43.0 Å². The van der Waals surface area contributed by atoms with Gasteiger partial charge in [0, 0.05) is 30.0 Å². The van der Waals surface area contributed by atoms with Crippen LogP contribution in [0.2, 0.25) is 0 Å². The van der Waals surface area contributed by atoms with Gasteiger partial charge >= 0.3 is 0 Å². The Hall–Kier alpha value is -2.93. The molecule has 5 nitrogen and oxygen atoms in total. The third-order valence-electron chi connectivity index (χ3n) is 7.04. The summed E-state index contributed by atoms with van der Waals surface area (Å²) in [6.45, 7) is 3.10. The van der Waals surface area contributed by atoms with E-state index in [9.17, 15) is 8.42 Å². The van der Waals surface area contributed by atoms with Crippen LogP contribution < -0.4 is 5.32 Å². The van der Waals surface area contributed by atoms with E-state index in [1.54, 1.807) is 7.05 Å². The molecular weight excluding hydrogens is 442 g/mol. The van der Waals surface area contributed by atoms with Gasteiger partial charge in [0.15, 0.2) is 5.03 Å². The zero-order chi connectivity index (χ0) is 23.7. The van der Waals surface area contributed by atoms with Gasteiger partial charge in [0.1, 0.15) is 0 Å². The van der Waals surface area contributed by atoms with Gasteiger partial charge in [0.2, 0.25) is 0 Å². The number of hydrogen-bond acceptors (Lipinski definition) is 3. The second-order valence-electron chi connectivity index (χ2n) is 9.10. The molecule has 0 radical (unpaired) electrons. The molecular formula is C28H31N3O2S. The average Bonchev–Trinajstić information content (AvgIpc) is 3.54. The summed E-state index contributed by atoms with van der Waals surface area (Å²) < 4.78 is 32.2. The van der Waals surface area contributed by atoms with Gasteiger partial charge in [-0.3, -0.25) is 0 Å².